The van der Waals surface area contributed by atoms with Crippen LogP contribution < -0.4 is 35.0 Å². The van der Waals surface area contributed by atoms with E-state index in [4.69, 9.17) is 35.3 Å². The smallest absolute Gasteiger partial charge is 0.338 e. The molecule has 0 bridgehead atoms. The SMILES string of the molecule is CCOC(=O)C1=C(C)NC(=O)N[C@H]1c1ccc(OCC(=O)N/N=C\c2ccc(OCc3ccccc3Cl)c(OC)c2)c(OC)c1. The van der Waals surface area contributed by atoms with Crippen molar-refractivity contribution >= 4 is 35.7 Å². The molecule has 1 atom stereocenters. The molecule has 3 aromatic rings. The van der Waals surface area contributed by atoms with Gasteiger partial charge in [-0.25, -0.2) is 15.0 Å². The third-order valence-electron chi connectivity index (χ3n) is 6.58. The van der Waals surface area contributed by atoms with Gasteiger partial charge in [-0.3, -0.25) is 4.79 Å². The van der Waals surface area contributed by atoms with E-state index in [1.165, 1.54) is 20.4 Å². The summed E-state index contributed by atoms with van der Waals surface area (Å²) in [6.45, 7) is 3.41. The molecule has 3 amide bonds. The van der Waals surface area contributed by atoms with Crippen LogP contribution in [0.5, 0.6) is 23.0 Å². The molecule has 0 radical (unpaired) electrons. The van der Waals surface area contributed by atoms with Crippen molar-refractivity contribution in [3.63, 3.8) is 0 Å². The predicted molar refractivity (Wildman–Crippen MR) is 167 cm³/mol. The summed E-state index contributed by atoms with van der Waals surface area (Å²) in [6.07, 6.45) is 1.46. The monoisotopic (exact) mass is 636 g/mol. The normalized spacial score (nSPS) is 14.3. The zero-order valence-electron chi connectivity index (χ0n) is 25.1. The van der Waals surface area contributed by atoms with Crippen molar-refractivity contribution in [3.05, 3.63) is 93.6 Å². The first kappa shape index (κ1) is 32.7. The summed E-state index contributed by atoms with van der Waals surface area (Å²) in [5.74, 6) is 0.508. The van der Waals surface area contributed by atoms with E-state index in [0.29, 0.717) is 39.1 Å². The van der Waals surface area contributed by atoms with Crippen molar-refractivity contribution in [2.24, 2.45) is 5.10 Å². The first-order chi connectivity index (χ1) is 21.7. The number of hydrogen-bond donors (Lipinski definition) is 3. The zero-order chi connectivity index (χ0) is 32.3. The Kier molecular flexibility index (Phi) is 11.2. The van der Waals surface area contributed by atoms with Crippen LogP contribution in [0.15, 0.2) is 77.0 Å². The van der Waals surface area contributed by atoms with E-state index in [0.717, 1.165) is 5.56 Å². The van der Waals surface area contributed by atoms with Gasteiger partial charge < -0.3 is 34.3 Å². The molecular formula is C32H33ClN4O8. The van der Waals surface area contributed by atoms with Gasteiger partial charge in [0.1, 0.15) is 6.61 Å². The summed E-state index contributed by atoms with van der Waals surface area (Å²) in [4.78, 5) is 37.2. The van der Waals surface area contributed by atoms with Gasteiger partial charge in [0.05, 0.1) is 38.7 Å². The predicted octanol–water partition coefficient (Wildman–Crippen LogP) is 4.66. The fourth-order valence-electron chi connectivity index (χ4n) is 4.42. The lowest BCUT2D eigenvalue weighted by Crippen LogP contribution is -2.45. The highest BCUT2D eigenvalue weighted by molar-refractivity contribution is 6.31. The largest absolute Gasteiger partial charge is 0.493 e. The van der Waals surface area contributed by atoms with Crippen LogP contribution in [-0.2, 0) is 20.9 Å². The van der Waals surface area contributed by atoms with Crippen molar-refractivity contribution in [3.8, 4) is 23.0 Å². The minimum Gasteiger partial charge on any atom is -0.493 e. The molecule has 0 spiro atoms. The molecular weight excluding hydrogens is 604 g/mol. The molecule has 3 N–H and O–H groups in total. The van der Waals surface area contributed by atoms with E-state index in [9.17, 15) is 14.4 Å². The van der Waals surface area contributed by atoms with Crippen molar-refractivity contribution in [2.45, 2.75) is 26.5 Å². The summed E-state index contributed by atoms with van der Waals surface area (Å²) in [7, 11) is 2.96. The Bertz CT molecular complexity index is 1620. The van der Waals surface area contributed by atoms with Crippen LogP contribution >= 0.6 is 11.6 Å². The maximum atomic E-state index is 12.6. The molecule has 0 fully saturated rings. The second kappa shape index (κ2) is 15.5. The minimum atomic E-state index is -0.778. The van der Waals surface area contributed by atoms with Gasteiger partial charge >= 0.3 is 12.0 Å². The van der Waals surface area contributed by atoms with Crippen molar-refractivity contribution < 1.29 is 38.1 Å². The topological polar surface area (TPSA) is 146 Å². The molecule has 0 aromatic heterocycles. The average molecular weight is 637 g/mol. The molecule has 236 valence electrons. The van der Waals surface area contributed by atoms with E-state index < -0.39 is 23.9 Å². The number of esters is 1. The lowest BCUT2D eigenvalue weighted by molar-refractivity contribution is -0.139. The molecule has 0 aliphatic carbocycles. The van der Waals surface area contributed by atoms with E-state index >= 15 is 0 Å². The Balaban J connectivity index is 1.35. The lowest BCUT2D eigenvalue weighted by atomic mass is 9.95. The molecule has 4 rings (SSSR count). The summed E-state index contributed by atoms with van der Waals surface area (Å²) in [5.41, 5.74) is 5.12. The summed E-state index contributed by atoms with van der Waals surface area (Å²) in [6, 6.07) is 16.2. The van der Waals surface area contributed by atoms with Gasteiger partial charge in [-0.15, -0.1) is 0 Å². The zero-order valence-corrected chi connectivity index (χ0v) is 25.9. The molecule has 0 unspecified atom stereocenters. The van der Waals surface area contributed by atoms with Gasteiger partial charge in [0, 0.05) is 16.3 Å². The van der Waals surface area contributed by atoms with Crippen LogP contribution in [0, 0.1) is 0 Å². The first-order valence-corrected chi connectivity index (χ1v) is 14.2. The molecule has 1 aliphatic heterocycles. The highest BCUT2D eigenvalue weighted by Gasteiger charge is 2.32. The second-order valence-corrected chi connectivity index (χ2v) is 9.98. The number of carbonyl (C=O) groups excluding carboxylic acids is 3. The third-order valence-corrected chi connectivity index (χ3v) is 6.94. The Hall–Kier alpha value is -5.23. The third kappa shape index (κ3) is 8.45. The molecule has 0 saturated carbocycles. The Morgan fingerprint density at radius 1 is 0.978 bits per heavy atom. The second-order valence-electron chi connectivity index (χ2n) is 9.57. The van der Waals surface area contributed by atoms with Crippen LogP contribution in [0.2, 0.25) is 5.02 Å². The lowest BCUT2D eigenvalue weighted by Gasteiger charge is -2.28. The number of hydrogen-bond acceptors (Lipinski definition) is 9. The van der Waals surface area contributed by atoms with E-state index in [1.54, 1.807) is 56.3 Å². The summed E-state index contributed by atoms with van der Waals surface area (Å²) >= 11 is 6.20. The number of carbonyl (C=O) groups is 3. The standard InChI is InChI=1S/C32H33ClN4O8/c1-5-43-31(39)29-19(2)35-32(40)36-30(29)21-11-13-25(27(15-21)42-4)45-18-28(38)37-34-16-20-10-12-24(26(14-20)41-3)44-17-22-8-6-7-9-23(22)33/h6-16,30H,5,17-18H2,1-4H3,(H,37,38)(H2,35,36,40)/b34-16-/t30-/m0/s1. The number of allylic oxidation sites excluding steroid dienone is 1. The molecule has 13 heteroatoms. The van der Waals surface area contributed by atoms with E-state index in [1.807, 2.05) is 18.2 Å². The quantitative estimate of drug-likeness (QED) is 0.140. The van der Waals surface area contributed by atoms with Crippen LogP contribution in [0.4, 0.5) is 4.79 Å². The number of nitrogens with one attached hydrogen (secondary N) is 3. The van der Waals surface area contributed by atoms with E-state index in [-0.39, 0.29) is 31.1 Å². The number of benzene rings is 3. The summed E-state index contributed by atoms with van der Waals surface area (Å²) in [5, 5.41) is 9.92. The van der Waals surface area contributed by atoms with Crippen molar-refractivity contribution in [1.82, 2.24) is 16.1 Å². The number of rotatable bonds is 13. The highest BCUT2D eigenvalue weighted by atomic mass is 35.5. The number of nitrogens with zero attached hydrogens (tertiary/aromatic N) is 1. The number of halogens is 1. The molecule has 12 nitrogen and oxygen atoms in total. The van der Waals surface area contributed by atoms with Gasteiger partial charge in [-0.2, -0.15) is 5.10 Å². The average Bonchev–Trinajstić information content (AvgIpc) is 3.03. The van der Waals surface area contributed by atoms with Crippen LogP contribution in [0.25, 0.3) is 0 Å². The number of urea groups is 1. The van der Waals surface area contributed by atoms with Gasteiger partial charge in [0.15, 0.2) is 29.6 Å². The molecule has 3 aromatic carbocycles. The highest BCUT2D eigenvalue weighted by Crippen LogP contribution is 2.35. The van der Waals surface area contributed by atoms with Crippen molar-refractivity contribution in [1.29, 1.82) is 0 Å². The fourth-order valence-corrected chi connectivity index (χ4v) is 4.61. The summed E-state index contributed by atoms with van der Waals surface area (Å²) < 4.78 is 27.6. The fraction of sp³-hybridized carbons (Fsp3) is 0.250. The number of methoxy groups -OCH3 is 2. The number of ether oxygens (including phenoxy) is 5. The maximum absolute atomic E-state index is 12.6. The molecule has 0 saturated heterocycles. The van der Waals surface area contributed by atoms with Gasteiger partial charge in [0.25, 0.3) is 5.91 Å². The Morgan fingerprint density at radius 3 is 2.42 bits per heavy atom. The van der Waals surface area contributed by atoms with Crippen LogP contribution in [0.1, 0.15) is 36.6 Å². The number of hydrazone groups is 1. The van der Waals surface area contributed by atoms with Crippen molar-refractivity contribution in [2.75, 3.05) is 27.4 Å². The maximum Gasteiger partial charge on any atom is 0.338 e. The first-order valence-electron chi connectivity index (χ1n) is 13.9. The molecule has 1 aliphatic rings. The van der Waals surface area contributed by atoms with Gasteiger partial charge in [0.2, 0.25) is 0 Å². The van der Waals surface area contributed by atoms with E-state index in [2.05, 4.69) is 21.2 Å². The Labute approximate surface area is 265 Å². The number of amides is 3. The Morgan fingerprint density at radius 2 is 1.69 bits per heavy atom. The molecule has 1 heterocycles. The van der Waals surface area contributed by atoms with Gasteiger partial charge in [-0.1, -0.05) is 35.9 Å². The van der Waals surface area contributed by atoms with Crippen LogP contribution in [0.3, 0.4) is 0 Å². The van der Waals surface area contributed by atoms with Crippen LogP contribution in [-0.4, -0.2) is 51.6 Å². The minimum absolute atomic E-state index is 0.180. The molecule has 45 heavy (non-hydrogen) atoms. The van der Waals surface area contributed by atoms with Gasteiger partial charge in [-0.05, 0) is 61.4 Å².